The van der Waals surface area contributed by atoms with E-state index >= 15 is 0 Å². The van der Waals surface area contributed by atoms with Crippen molar-refractivity contribution in [2.24, 2.45) is 4.99 Å². The summed E-state index contributed by atoms with van der Waals surface area (Å²) >= 11 is 7.64. The van der Waals surface area contributed by atoms with Crippen molar-refractivity contribution in [1.82, 2.24) is 5.32 Å². The number of amides is 1. The van der Waals surface area contributed by atoms with Gasteiger partial charge in [0.2, 0.25) is 5.91 Å². The molecule has 0 spiro atoms. The molecule has 5 heteroatoms. The van der Waals surface area contributed by atoms with Crippen LogP contribution in [0.1, 0.15) is 23.6 Å². The lowest BCUT2D eigenvalue weighted by Crippen LogP contribution is -2.25. The van der Waals surface area contributed by atoms with E-state index < -0.39 is 0 Å². The molecule has 0 saturated carbocycles. The molecule has 0 aromatic heterocycles. The zero-order valence-corrected chi connectivity index (χ0v) is 15.2. The predicted octanol–water partition coefficient (Wildman–Crippen LogP) is 4.67. The van der Waals surface area contributed by atoms with E-state index in [0.29, 0.717) is 11.6 Å². The molecule has 2 aromatic rings. The van der Waals surface area contributed by atoms with E-state index in [2.05, 4.69) is 29.4 Å². The second kappa shape index (κ2) is 7.41. The second-order valence-corrected chi connectivity index (χ2v) is 7.42. The third kappa shape index (κ3) is 4.00. The van der Waals surface area contributed by atoms with E-state index in [9.17, 15) is 4.79 Å². The highest BCUT2D eigenvalue weighted by molar-refractivity contribution is 8.15. The molecule has 3 rings (SSSR count). The fraction of sp³-hybridized carbons (Fsp3) is 0.263. The van der Waals surface area contributed by atoms with Crippen LogP contribution in [0.25, 0.3) is 0 Å². The van der Waals surface area contributed by atoms with Gasteiger partial charge in [0.25, 0.3) is 0 Å². The molecule has 3 nitrogen and oxygen atoms in total. The number of aliphatic imine (C=N–C) groups is 1. The normalized spacial score (nSPS) is 18.9. The third-order valence-corrected chi connectivity index (χ3v) is 5.50. The van der Waals surface area contributed by atoms with Crippen molar-refractivity contribution >= 4 is 40.1 Å². The molecule has 1 amide bonds. The zero-order chi connectivity index (χ0) is 17.1. The number of rotatable bonds is 4. The van der Waals surface area contributed by atoms with Gasteiger partial charge in [0.15, 0.2) is 5.17 Å². The highest BCUT2D eigenvalue weighted by atomic mass is 35.5. The van der Waals surface area contributed by atoms with Gasteiger partial charge in [-0.1, -0.05) is 54.6 Å². The minimum atomic E-state index is -0.169. The summed E-state index contributed by atoms with van der Waals surface area (Å²) in [6, 6.07) is 14.0. The van der Waals surface area contributed by atoms with Crippen LogP contribution < -0.4 is 5.32 Å². The Morgan fingerprint density at radius 2 is 1.88 bits per heavy atom. The summed E-state index contributed by atoms with van der Waals surface area (Å²) in [5.74, 6) is 0.000579. The Kier molecular flexibility index (Phi) is 5.27. The molecular weight excluding hydrogens is 340 g/mol. The zero-order valence-electron chi connectivity index (χ0n) is 13.7. The molecule has 1 unspecified atom stereocenters. The maximum atomic E-state index is 12.2. The van der Waals surface area contributed by atoms with Crippen molar-refractivity contribution in [3.05, 3.63) is 64.2 Å². The molecule has 124 valence electrons. The second-order valence-electron chi connectivity index (χ2n) is 5.82. The van der Waals surface area contributed by atoms with Crippen LogP contribution in [0.3, 0.4) is 0 Å². The molecular formula is C19H19ClN2OS. The van der Waals surface area contributed by atoms with E-state index in [1.807, 2.05) is 37.3 Å². The summed E-state index contributed by atoms with van der Waals surface area (Å²) in [7, 11) is 0. The summed E-state index contributed by atoms with van der Waals surface area (Å²) in [5.41, 5.74) is 4.23. The molecule has 1 fully saturated rings. The molecule has 1 saturated heterocycles. The van der Waals surface area contributed by atoms with Gasteiger partial charge in [-0.25, -0.2) is 4.99 Å². The highest BCUT2D eigenvalue weighted by Gasteiger charge is 2.30. The Morgan fingerprint density at radius 3 is 2.54 bits per heavy atom. The van der Waals surface area contributed by atoms with Crippen LogP contribution in [0.5, 0.6) is 0 Å². The number of hydrogen-bond donors (Lipinski definition) is 1. The first-order valence-electron chi connectivity index (χ1n) is 7.95. The lowest BCUT2D eigenvalue weighted by Gasteiger charge is -2.07. The SMILES string of the molecule is CCc1ccc(N=C2NC(=O)C(Cc3ccc(C)c(Cl)c3)S2)cc1. The predicted molar refractivity (Wildman–Crippen MR) is 102 cm³/mol. The van der Waals surface area contributed by atoms with Crippen LogP contribution in [-0.2, 0) is 17.6 Å². The van der Waals surface area contributed by atoms with E-state index in [4.69, 9.17) is 11.6 Å². The molecule has 0 aliphatic carbocycles. The number of amidine groups is 1. The Balaban J connectivity index is 1.70. The number of thioether (sulfide) groups is 1. The molecule has 1 aliphatic heterocycles. The number of carbonyl (C=O) groups is 1. The minimum Gasteiger partial charge on any atom is -0.304 e. The van der Waals surface area contributed by atoms with Crippen molar-refractivity contribution in [2.45, 2.75) is 31.9 Å². The number of halogens is 1. The maximum Gasteiger partial charge on any atom is 0.239 e. The standard InChI is InChI=1S/C19H19ClN2OS/c1-3-13-6-8-15(9-7-13)21-19-22-18(23)17(24-19)11-14-5-4-12(2)16(20)10-14/h4-10,17H,3,11H2,1-2H3,(H,21,22,23). The van der Waals surface area contributed by atoms with Crippen LogP contribution in [-0.4, -0.2) is 16.3 Å². The van der Waals surface area contributed by atoms with Gasteiger partial charge in [0.1, 0.15) is 0 Å². The number of carbonyl (C=O) groups excluding carboxylic acids is 1. The smallest absolute Gasteiger partial charge is 0.239 e. The number of nitrogens with one attached hydrogen (secondary N) is 1. The number of nitrogens with zero attached hydrogens (tertiary/aromatic N) is 1. The first-order valence-corrected chi connectivity index (χ1v) is 9.21. The summed E-state index contributed by atoms with van der Waals surface area (Å²) < 4.78 is 0. The van der Waals surface area contributed by atoms with E-state index in [1.54, 1.807) is 0 Å². The van der Waals surface area contributed by atoms with Gasteiger partial charge in [-0.2, -0.15) is 0 Å². The van der Waals surface area contributed by atoms with Crippen molar-refractivity contribution < 1.29 is 4.79 Å². The van der Waals surface area contributed by atoms with Crippen LogP contribution >= 0.6 is 23.4 Å². The number of benzene rings is 2. The molecule has 24 heavy (non-hydrogen) atoms. The molecule has 1 aliphatic rings. The summed E-state index contributed by atoms with van der Waals surface area (Å²) in [5, 5.41) is 4.10. The molecule has 1 N–H and O–H groups in total. The van der Waals surface area contributed by atoms with Crippen molar-refractivity contribution in [1.29, 1.82) is 0 Å². The first-order chi connectivity index (χ1) is 11.5. The van der Waals surface area contributed by atoms with Gasteiger partial charge < -0.3 is 5.32 Å². The Bertz CT molecular complexity index is 786. The molecule has 0 bridgehead atoms. The Labute approximate surface area is 151 Å². The van der Waals surface area contributed by atoms with Crippen molar-refractivity contribution in [3.8, 4) is 0 Å². The van der Waals surface area contributed by atoms with Gasteiger partial charge in [-0.3, -0.25) is 4.79 Å². The van der Waals surface area contributed by atoms with E-state index in [-0.39, 0.29) is 11.2 Å². The lowest BCUT2D eigenvalue weighted by molar-refractivity contribution is -0.118. The number of hydrogen-bond acceptors (Lipinski definition) is 3. The van der Waals surface area contributed by atoms with Crippen molar-refractivity contribution in [2.75, 3.05) is 0 Å². The Morgan fingerprint density at radius 1 is 1.17 bits per heavy atom. The van der Waals surface area contributed by atoms with Gasteiger partial charge in [-0.05, 0) is 54.7 Å². The molecule has 0 radical (unpaired) electrons. The van der Waals surface area contributed by atoms with Gasteiger partial charge in [-0.15, -0.1) is 0 Å². The van der Waals surface area contributed by atoms with Gasteiger partial charge >= 0.3 is 0 Å². The summed E-state index contributed by atoms with van der Waals surface area (Å²) in [4.78, 5) is 16.7. The van der Waals surface area contributed by atoms with Crippen LogP contribution in [0.4, 0.5) is 5.69 Å². The van der Waals surface area contributed by atoms with E-state index in [0.717, 1.165) is 28.3 Å². The maximum absolute atomic E-state index is 12.2. The minimum absolute atomic E-state index is 0.000579. The monoisotopic (exact) mass is 358 g/mol. The van der Waals surface area contributed by atoms with E-state index in [1.165, 1.54) is 17.3 Å². The molecule has 1 heterocycles. The van der Waals surface area contributed by atoms with Gasteiger partial charge in [0.05, 0.1) is 10.9 Å². The summed E-state index contributed by atoms with van der Waals surface area (Å²) in [6.07, 6.45) is 1.65. The third-order valence-electron chi connectivity index (χ3n) is 4.01. The quantitative estimate of drug-likeness (QED) is 0.862. The largest absolute Gasteiger partial charge is 0.304 e. The first kappa shape index (κ1) is 17.1. The van der Waals surface area contributed by atoms with Crippen LogP contribution in [0.15, 0.2) is 47.5 Å². The van der Waals surface area contributed by atoms with Crippen LogP contribution in [0, 0.1) is 6.92 Å². The summed E-state index contributed by atoms with van der Waals surface area (Å²) in [6.45, 7) is 4.09. The van der Waals surface area contributed by atoms with Gasteiger partial charge in [0, 0.05) is 5.02 Å². The Hall–Kier alpha value is -1.78. The average molecular weight is 359 g/mol. The highest BCUT2D eigenvalue weighted by Crippen LogP contribution is 2.27. The fourth-order valence-corrected chi connectivity index (χ4v) is 3.73. The topological polar surface area (TPSA) is 41.5 Å². The molecule has 1 atom stereocenters. The average Bonchev–Trinajstić information content (AvgIpc) is 2.91. The van der Waals surface area contributed by atoms with Crippen molar-refractivity contribution in [3.63, 3.8) is 0 Å². The lowest BCUT2D eigenvalue weighted by atomic mass is 10.1. The van der Waals surface area contributed by atoms with Crippen LogP contribution in [0.2, 0.25) is 5.02 Å². The molecule has 2 aromatic carbocycles. The fourth-order valence-electron chi connectivity index (χ4n) is 2.49. The number of aryl methyl sites for hydroxylation is 2.